The number of fused-ring (bicyclic) bond motifs is 3. The van der Waals surface area contributed by atoms with Crippen LogP contribution in [0.4, 0.5) is 11.4 Å². The number of hydrazone groups is 1. The number of hydrogen-bond acceptors (Lipinski definition) is 10. The number of methoxy groups -OCH3 is 3. The van der Waals surface area contributed by atoms with E-state index in [1.807, 2.05) is 6.07 Å². The second-order valence-electron chi connectivity index (χ2n) is 7.52. The molecular formula is C24H21N3O8. The number of hydrogen-bond donors (Lipinski definition) is 1. The predicted molar refractivity (Wildman–Crippen MR) is 122 cm³/mol. The van der Waals surface area contributed by atoms with Crippen LogP contribution in [0.2, 0.25) is 0 Å². The SMILES string of the molecule is COC(=O)C1=NN2c3ccccc3N(Cc3ccccc3)C(=O)C2(O)C(C(=O)OC)=C1C(=O)OC. The van der Waals surface area contributed by atoms with Crippen LogP contribution in [0.15, 0.2) is 70.8 Å². The van der Waals surface area contributed by atoms with Crippen LogP contribution in [0.1, 0.15) is 5.56 Å². The summed E-state index contributed by atoms with van der Waals surface area (Å²) in [6.45, 7) is 0.0302. The van der Waals surface area contributed by atoms with Gasteiger partial charge in [0, 0.05) is 0 Å². The maximum Gasteiger partial charge on any atom is 0.359 e. The summed E-state index contributed by atoms with van der Waals surface area (Å²) in [7, 11) is 3.06. The minimum atomic E-state index is -2.84. The molecule has 2 heterocycles. The number of para-hydroxylation sites is 2. The lowest BCUT2D eigenvalue weighted by atomic mass is 9.88. The summed E-state index contributed by atoms with van der Waals surface area (Å²) in [5, 5.41) is 16.8. The Kier molecular flexibility index (Phi) is 6.10. The number of rotatable bonds is 5. The van der Waals surface area contributed by atoms with Crippen LogP contribution < -0.4 is 9.91 Å². The summed E-state index contributed by atoms with van der Waals surface area (Å²) in [6.07, 6.45) is 0. The summed E-state index contributed by atoms with van der Waals surface area (Å²) in [6, 6.07) is 15.5. The Balaban J connectivity index is 2.04. The van der Waals surface area contributed by atoms with Gasteiger partial charge in [0.15, 0.2) is 5.71 Å². The third-order valence-corrected chi connectivity index (χ3v) is 5.63. The van der Waals surface area contributed by atoms with Crippen molar-refractivity contribution < 1.29 is 38.5 Å². The van der Waals surface area contributed by atoms with E-state index in [-0.39, 0.29) is 12.2 Å². The second kappa shape index (κ2) is 9.03. The first kappa shape index (κ1) is 23.6. The van der Waals surface area contributed by atoms with Gasteiger partial charge in [-0.2, -0.15) is 5.10 Å². The molecule has 0 saturated heterocycles. The van der Waals surface area contributed by atoms with Gasteiger partial charge >= 0.3 is 17.9 Å². The van der Waals surface area contributed by atoms with E-state index in [0.717, 1.165) is 31.9 Å². The zero-order valence-corrected chi connectivity index (χ0v) is 19.0. The van der Waals surface area contributed by atoms with Crippen molar-refractivity contribution in [3.63, 3.8) is 0 Å². The molecule has 2 aromatic carbocycles. The highest BCUT2D eigenvalue weighted by Gasteiger charge is 2.61. The largest absolute Gasteiger partial charge is 0.465 e. The van der Waals surface area contributed by atoms with Crippen molar-refractivity contribution in [1.82, 2.24) is 0 Å². The minimum absolute atomic E-state index is 0.0302. The van der Waals surface area contributed by atoms with Crippen LogP contribution in [-0.4, -0.2) is 61.7 Å². The topological polar surface area (TPSA) is 135 Å². The average Bonchev–Trinajstić information content (AvgIpc) is 2.89. The van der Waals surface area contributed by atoms with E-state index in [4.69, 9.17) is 14.2 Å². The number of benzene rings is 2. The number of carbonyl (C=O) groups excluding carboxylic acids is 4. The van der Waals surface area contributed by atoms with E-state index in [0.29, 0.717) is 5.69 Å². The van der Waals surface area contributed by atoms with Crippen molar-refractivity contribution in [2.75, 3.05) is 31.2 Å². The van der Waals surface area contributed by atoms with Gasteiger partial charge in [0.05, 0.1) is 39.2 Å². The molecule has 4 rings (SSSR count). The lowest BCUT2D eigenvalue weighted by Gasteiger charge is -2.47. The van der Waals surface area contributed by atoms with E-state index in [2.05, 4.69) is 5.10 Å². The Hall–Kier alpha value is -4.51. The molecule has 2 aromatic rings. The number of esters is 3. The maximum absolute atomic E-state index is 13.9. The fraction of sp³-hybridized carbons (Fsp3) is 0.208. The van der Waals surface area contributed by atoms with Crippen molar-refractivity contribution in [2.45, 2.75) is 12.3 Å². The summed E-state index contributed by atoms with van der Waals surface area (Å²) >= 11 is 0. The highest BCUT2D eigenvalue weighted by Crippen LogP contribution is 2.46. The molecule has 0 fully saturated rings. The molecule has 1 unspecified atom stereocenters. The van der Waals surface area contributed by atoms with E-state index >= 15 is 0 Å². The Morgan fingerprint density at radius 1 is 0.857 bits per heavy atom. The molecule has 2 aliphatic heterocycles. The smallest absolute Gasteiger partial charge is 0.359 e. The first-order chi connectivity index (χ1) is 16.8. The molecular weight excluding hydrogens is 458 g/mol. The number of nitrogens with zero attached hydrogens (tertiary/aromatic N) is 3. The third-order valence-electron chi connectivity index (χ3n) is 5.63. The molecule has 1 N–H and O–H groups in total. The highest BCUT2D eigenvalue weighted by molar-refractivity contribution is 6.51. The molecule has 2 aliphatic rings. The summed E-state index contributed by atoms with van der Waals surface area (Å²) in [4.78, 5) is 53.5. The van der Waals surface area contributed by atoms with Crippen LogP contribution in [0, 0.1) is 0 Å². The standard InChI is InChI=1S/C24H21N3O8/c1-33-20(28)17-18(21(29)34-2)24(32)23(31)26(13-14-9-5-4-6-10-14)15-11-7-8-12-16(15)27(24)25-19(17)22(30)35-3/h4-12,32H,13H2,1-3H3. The number of ether oxygens (including phenoxy) is 3. The van der Waals surface area contributed by atoms with Crippen LogP contribution >= 0.6 is 0 Å². The summed E-state index contributed by atoms with van der Waals surface area (Å²) < 4.78 is 14.3. The Labute approximate surface area is 199 Å². The number of anilines is 2. The van der Waals surface area contributed by atoms with Gasteiger partial charge in [-0.25, -0.2) is 19.4 Å². The average molecular weight is 479 g/mol. The van der Waals surface area contributed by atoms with E-state index in [9.17, 15) is 24.3 Å². The third kappa shape index (κ3) is 3.62. The maximum atomic E-state index is 13.9. The molecule has 0 spiro atoms. The normalized spacial score (nSPS) is 18.9. The van der Waals surface area contributed by atoms with Crippen molar-refractivity contribution in [3.8, 4) is 0 Å². The summed E-state index contributed by atoms with van der Waals surface area (Å²) in [5.74, 6) is -4.51. The molecule has 1 amide bonds. The molecule has 0 bridgehead atoms. The lowest BCUT2D eigenvalue weighted by molar-refractivity contribution is -0.146. The van der Waals surface area contributed by atoms with Crippen molar-refractivity contribution in [3.05, 3.63) is 71.3 Å². The number of carbonyl (C=O) groups is 4. The van der Waals surface area contributed by atoms with Crippen molar-refractivity contribution in [2.24, 2.45) is 5.10 Å². The van der Waals surface area contributed by atoms with Crippen molar-refractivity contribution >= 4 is 40.9 Å². The van der Waals surface area contributed by atoms with Gasteiger partial charge in [-0.3, -0.25) is 4.79 Å². The Morgan fingerprint density at radius 2 is 1.43 bits per heavy atom. The minimum Gasteiger partial charge on any atom is -0.465 e. The van der Waals surface area contributed by atoms with Gasteiger partial charge in [-0.15, -0.1) is 0 Å². The fourth-order valence-corrected chi connectivity index (χ4v) is 4.03. The quantitative estimate of drug-likeness (QED) is 0.490. The summed E-state index contributed by atoms with van der Waals surface area (Å²) in [5.41, 5.74) is -3.75. The van der Waals surface area contributed by atoms with Gasteiger partial charge in [0.2, 0.25) is 0 Å². The van der Waals surface area contributed by atoms with Gasteiger partial charge in [-0.1, -0.05) is 42.5 Å². The van der Waals surface area contributed by atoms with Gasteiger partial charge in [-0.05, 0) is 17.7 Å². The van der Waals surface area contributed by atoms with Crippen molar-refractivity contribution in [1.29, 1.82) is 0 Å². The monoisotopic (exact) mass is 479 g/mol. The first-order valence-electron chi connectivity index (χ1n) is 10.4. The first-order valence-corrected chi connectivity index (χ1v) is 10.4. The second-order valence-corrected chi connectivity index (χ2v) is 7.52. The molecule has 0 saturated carbocycles. The van der Waals surface area contributed by atoms with Gasteiger partial charge in [0.25, 0.3) is 11.6 Å². The Morgan fingerprint density at radius 3 is 2.03 bits per heavy atom. The van der Waals surface area contributed by atoms with Crippen LogP contribution in [0.3, 0.4) is 0 Å². The predicted octanol–water partition coefficient (Wildman–Crippen LogP) is 0.914. The molecule has 35 heavy (non-hydrogen) atoms. The zero-order valence-electron chi connectivity index (χ0n) is 19.0. The lowest BCUT2D eigenvalue weighted by Crippen LogP contribution is -2.66. The molecule has 0 aromatic heterocycles. The molecule has 180 valence electrons. The molecule has 11 nitrogen and oxygen atoms in total. The number of amides is 1. The van der Waals surface area contributed by atoms with Crippen LogP contribution in [-0.2, 0) is 39.9 Å². The number of aliphatic hydroxyl groups is 1. The molecule has 11 heteroatoms. The van der Waals surface area contributed by atoms with Gasteiger partial charge in [0.1, 0.15) is 11.1 Å². The fourth-order valence-electron chi connectivity index (χ4n) is 4.03. The van der Waals surface area contributed by atoms with E-state index in [1.165, 1.54) is 4.90 Å². The molecule has 1 atom stereocenters. The van der Waals surface area contributed by atoms with E-state index < -0.39 is 46.4 Å². The van der Waals surface area contributed by atoms with Gasteiger partial charge < -0.3 is 24.2 Å². The zero-order chi connectivity index (χ0) is 25.3. The molecule has 0 radical (unpaired) electrons. The van der Waals surface area contributed by atoms with Crippen LogP contribution in [0.25, 0.3) is 0 Å². The van der Waals surface area contributed by atoms with Crippen LogP contribution in [0.5, 0.6) is 0 Å². The van der Waals surface area contributed by atoms with E-state index in [1.54, 1.807) is 48.5 Å². The Bertz CT molecular complexity index is 1290. The molecule has 0 aliphatic carbocycles. The highest BCUT2D eigenvalue weighted by atomic mass is 16.5.